The van der Waals surface area contributed by atoms with Gasteiger partial charge in [-0.2, -0.15) is 5.10 Å². The quantitative estimate of drug-likeness (QED) is 0.801. The fraction of sp³-hybridized carbons (Fsp3) is 0. The van der Waals surface area contributed by atoms with Crippen LogP contribution in [-0.4, -0.2) is 15.7 Å². The maximum absolute atomic E-state index is 13.1. The van der Waals surface area contributed by atoms with Crippen LogP contribution in [0.25, 0.3) is 5.69 Å². The molecule has 0 unspecified atom stereocenters. The zero-order valence-corrected chi connectivity index (χ0v) is 11.0. The Morgan fingerprint density at radius 2 is 1.90 bits per heavy atom. The summed E-state index contributed by atoms with van der Waals surface area (Å²) in [5, 5.41) is 6.84. The standard InChI is InChI=1S/C16H12FN3O/c17-13-4-1-3-12(11-13)16(21)19-14-5-7-15(8-6-14)20-10-2-9-18-20/h1-11H,(H,19,21). The topological polar surface area (TPSA) is 46.9 Å². The van der Waals surface area contributed by atoms with Gasteiger partial charge in [0.1, 0.15) is 5.82 Å². The van der Waals surface area contributed by atoms with Crippen molar-refractivity contribution in [1.29, 1.82) is 0 Å². The molecule has 4 nitrogen and oxygen atoms in total. The van der Waals surface area contributed by atoms with Crippen LogP contribution in [0, 0.1) is 5.82 Å². The lowest BCUT2D eigenvalue weighted by Gasteiger charge is -2.07. The van der Waals surface area contributed by atoms with Crippen molar-refractivity contribution in [1.82, 2.24) is 9.78 Å². The Kier molecular flexibility index (Phi) is 3.47. The van der Waals surface area contributed by atoms with Crippen LogP contribution >= 0.6 is 0 Å². The lowest BCUT2D eigenvalue weighted by Crippen LogP contribution is -2.12. The monoisotopic (exact) mass is 281 g/mol. The van der Waals surface area contributed by atoms with Gasteiger partial charge in [0.05, 0.1) is 5.69 Å². The van der Waals surface area contributed by atoms with E-state index in [1.807, 2.05) is 24.4 Å². The van der Waals surface area contributed by atoms with Crippen LogP contribution in [0.5, 0.6) is 0 Å². The number of halogens is 1. The average Bonchev–Trinajstić information content (AvgIpc) is 3.02. The second-order valence-electron chi connectivity index (χ2n) is 4.46. The third-order valence-electron chi connectivity index (χ3n) is 2.98. The normalized spacial score (nSPS) is 10.3. The fourth-order valence-electron chi connectivity index (χ4n) is 1.95. The third-order valence-corrected chi connectivity index (χ3v) is 2.98. The van der Waals surface area contributed by atoms with Gasteiger partial charge >= 0.3 is 0 Å². The Bertz CT molecular complexity index is 751. The number of hydrogen-bond donors (Lipinski definition) is 1. The van der Waals surface area contributed by atoms with Crippen molar-refractivity contribution in [3.63, 3.8) is 0 Å². The Morgan fingerprint density at radius 1 is 1.10 bits per heavy atom. The van der Waals surface area contributed by atoms with Crippen LogP contribution in [0.1, 0.15) is 10.4 Å². The molecule has 1 aromatic heterocycles. The number of benzene rings is 2. The number of nitrogens with one attached hydrogen (secondary N) is 1. The van der Waals surface area contributed by atoms with Gasteiger partial charge in [0.15, 0.2) is 0 Å². The number of amides is 1. The number of carbonyl (C=O) groups excluding carboxylic acids is 1. The minimum absolute atomic E-state index is 0.283. The van der Waals surface area contributed by atoms with E-state index in [9.17, 15) is 9.18 Å². The highest BCUT2D eigenvalue weighted by atomic mass is 19.1. The van der Waals surface area contributed by atoms with Crippen molar-refractivity contribution >= 4 is 11.6 Å². The van der Waals surface area contributed by atoms with Gasteiger partial charge in [-0.1, -0.05) is 6.07 Å². The summed E-state index contributed by atoms with van der Waals surface area (Å²) in [5.41, 5.74) is 1.81. The molecule has 0 fully saturated rings. The van der Waals surface area contributed by atoms with E-state index in [2.05, 4.69) is 10.4 Å². The highest BCUT2D eigenvalue weighted by Gasteiger charge is 2.07. The van der Waals surface area contributed by atoms with Crippen molar-refractivity contribution in [3.8, 4) is 5.69 Å². The summed E-state index contributed by atoms with van der Waals surface area (Å²) in [6.45, 7) is 0. The summed E-state index contributed by atoms with van der Waals surface area (Å²) in [6.07, 6.45) is 3.53. The van der Waals surface area contributed by atoms with E-state index >= 15 is 0 Å². The van der Waals surface area contributed by atoms with Crippen LogP contribution in [0.3, 0.4) is 0 Å². The SMILES string of the molecule is O=C(Nc1ccc(-n2cccn2)cc1)c1cccc(F)c1. The number of hydrogen-bond acceptors (Lipinski definition) is 2. The molecule has 0 aliphatic heterocycles. The van der Waals surface area contributed by atoms with Gasteiger partial charge in [-0.15, -0.1) is 0 Å². The van der Waals surface area contributed by atoms with Crippen molar-refractivity contribution in [2.45, 2.75) is 0 Å². The summed E-state index contributed by atoms with van der Waals surface area (Å²) in [6, 6.07) is 14.6. The molecule has 0 spiro atoms. The molecule has 3 aromatic rings. The van der Waals surface area contributed by atoms with Gasteiger partial charge in [0.25, 0.3) is 5.91 Å². The lowest BCUT2D eigenvalue weighted by molar-refractivity contribution is 0.102. The minimum atomic E-state index is -0.434. The molecule has 1 amide bonds. The first-order chi connectivity index (χ1) is 10.2. The number of nitrogens with zero attached hydrogens (tertiary/aromatic N) is 2. The molecule has 3 rings (SSSR count). The molecule has 104 valence electrons. The van der Waals surface area contributed by atoms with Crippen molar-refractivity contribution in [2.75, 3.05) is 5.32 Å². The van der Waals surface area contributed by atoms with Crippen LogP contribution in [-0.2, 0) is 0 Å². The maximum atomic E-state index is 13.1. The van der Waals surface area contributed by atoms with Gasteiger partial charge in [-0.25, -0.2) is 9.07 Å². The van der Waals surface area contributed by atoms with Crippen LogP contribution in [0.2, 0.25) is 0 Å². The number of anilines is 1. The first-order valence-corrected chi connectivity index (χ1v) is 6.39. The molecule has 0 bridgehead atoms. The molecule has 1 N–H and O–H groups in total. The first kappa shape index (κ1) is 13.1. The van der Waals surface area contributed by atoms with E-state index in [4.69, 9.17) is 0 Å². The molecule has 21 heavy (non-hydrogen) atoms. The maximum Gasteiger partial charge on any atom is 0.255 e. The Balaban J connectivity index is 1.75. The van der Waals surface area contributed by atoms with Crippen LogP contribution < -0.4 is 5.32 Å². The second kappa shape index (κ2) is 5.58. The molecule has 0 atom stereocenters. The van der Waals surface area contributed by atoms with E-state index in [-0.39, 0.29) is 11.5 Å². The summed E-state index contributed by atoms with van der Waals surface area (Å²) >= 11 is 0. The van der Waals surface area contributed by atoms with Gasteiger partial charge < -0.3 is 5.32 Å². The van der Waals surface area contributed by atoms with Crippen molar-refractivity contribution in [2.24, 2.45) is 0 Å². The molecule has 0 aliphatic rings. The molecule has 0 saturated carbocycles. The zero-order chi connectivity index (χ0) is 14.7. The van der Waals surface area contributed by atoms with E-state index in [1.54, 1.807) is 29.1 Å². The van der Waals surface area contributed by atoms with E-state index in [1.165, 1.54) is 18.2 Å². The number of carbonyl (C=O) groups is 1. The van der Waals surface area contributed by atoms with Crippen LogP contribution in [0.15, 0.2) is 67.0 Å². The van der Waals surface area contributed by atoms with E-state index in [0.717, 1.165) is 5.69 Å². The van der Waals surface area contributed by atoms with Crippen molar-refractivity contribution in [3.05, 3.63) is 78.4 Å². The van der Waals surface area contributed by atoms with Gasteiger partial charge in [0, 0.05) is 23.6 Å². The van der Waals surface area contributed by atoms with E-state index < -0.39 is 5.82 Å². The molecular formula is C16H12FN3O. The number of aromatic nitrogens is 2. The largest absolute Gasteiger partial charge is 0.322 e. The molecular weight excluding hydrogens is 269 g/mol. The molecule has 2 aromatic carbocycles. The summed E-state index contributed by atoms with van der Waals surface area (Å²) in [7, 11) is 0. The lowest BCUT2D eigenvalue weighted by atomic mass is 10.2. The second-order valence-corrected chi connectivity index (χ2v) is 4.46. The Hall–Kier alpha value is -2.95. The minimum Gasteiger partial charge on any atom is -0.322 e. The fourth-order valence-corrected chi connectivity index (χ4v) is 1.95. The summed E-state index contributed by atoms with van der Waals surface area (Å²) in [5.74, 6) is -0.780. The predicted molar refractivity (Wildman–Crippen MR) is 77.9 cm³/mol. The average molecular weight is 281 g/mol. The molecule has 1 heterocycles. The third kappa shape index (κ3) is 2.97. The first-order valence-electron chi connectivity index (χ1n) is 6.39. The molecule has 0 radical (unpaired) electrons. The van der Waals surface area contributed by atoms with Crippen molar-refractivity contribution < 1.29 is 9.18 Å². The van der Waals surface area contributed by atoms with Crippen LogP contribution in [0.4, 0.5) is 10.1 Å². The highest BCUT2D eigenvalue weighted by molar-refractivity contribution is 6.04. The zero-order valence-electron chi connectivity index (χ0n) is 11.0. The summed E-state index contributed by atoms with van der Waals surface area (Å²) < 4.78 is 14.8. The molecule has 5 heteroatoms. The number of rotatable bonds is 3. The summed E-state index contributed by atoms with van der Waals surface area (Å²) in [4.78, 5) is 12.0. The molecule has 0 aliphatic carbocycles. The highest BCUT2D eigenvalue weighted by Crippen LogP contribution is 2.14. The Morgan fingerprint density at radius 3 is 2.57 bits per heavy atom. The van der Waals surface area contributed by atoms with Gasteiger partial charge in [-0.05, 0) is 48.5 Å². The van der Waals surface area contributed by atoms with Gasteiger partial charge in [0.2, 0.25) is 0 Å². The predicted octanol–water partition coefficient (Wildman–Crippen LogP) is 3.26. The molecule has 0 saturated heterocycles. The Labute approximate surface area is 120 Å². The smallest absolute Gasteiger partial charge is 0.255 e. The van der Waals surface area contributed by atoms with E-state index in [0.29, 0.717) is 5.69 Å². The van der Waals surface area contributed by atoms with Gasteiger partial charge in [-0.3, -0.25) is 4.79 Å².